The summed E-state index contributed by atoms with van der Waals surface area (Å²) in [6.45, 7) is 3.80. The number of aliphatic hydroxyl groups is 3. The van der Waals surface area contributed by atoms with Gasteiger partial charge in [0.05, 0.1) is 19.8 Å². The van der Waals surface area contributed by atoms with Crippen molar-refractivity contribution in [2.45, 2.75) is 218 Å². The summed E-state index contributed by atoms with van der Waals surface area (Å²) >= 11 is 0. The molecule has 62 heavy (non-hydrogen) atoms. The number of esters is 1. The quantitative estimate of drug-likeness (QED) is 0.0198. The van der Waals surface area contributed by atoms with Crippen molar-refractivity contribution >= 4 is 16.4 Å². The van der Waals surface area contributed by atoms with Crippen molar-refractivity contribution in [2.75, 3.05) is 26.4 Å². The number of carbonyl (C=O) groups is 1. The molecule has 1 saturated heterocycles. The molecule has 0 aromatic rings. The third-order valence-corrected chi connectivity index (χ3v) is 11.1. The van der Waals surface area contributed by atoms with Crippen molar-refractivity contribution in [2.24, 2.45) is 0 Å². The highest BCUT2D eigenvalue weighted by Gasteiger charge is 2.48. The van der Waals surface area contributed by atoms with Gasteiger partial charge in [-0.3, -0.25) is 9.35 Å². The minimum atomic E-state index is -5.07. The zero-order valence-electron chi connectivity index (χ0n) is 38.4. The fourth-order valence-corrected chi connectivity index (χ4v) is 7.52. The first-order valence-corrected chi connectivity index (χ1v) is 25.4. The summed E-state index contributed by atoms with van der Waals surface area (Å²) < 4.78 is 59.1. The molecule has 13 heteroatoms. The van der Waals surface area contributed by atoms with Crippen LogP contribution in [-0.4, -0.2) is 97.5 Å². The van der Waals surface area contributed by atoms with E-state index in [4.69, 9.17) is 23.5 Å². The Morgan fingerprint density at radius 3 is 1.63 bits per heavy atom. The SMILES string of the molecule is CC/C=C\C/C=C\C/C=C\CCCCCCOCC(COC1OC(CO)C(O)C(OS(=O)(=O)O)C1O)OC(=O)CCCCCCCCCCC/C=C\C/C=C\CCCCCCC. The third kappa shape index (κ3) is 33.3. The van der Waals surface area contributed by atoms with Gasteiger partial charge in [0.2, 0.25) is 0 Å². The molecule has 0 bridgehead atoms. The lowest BCUT2D eigenvalue weighted by molar-refractivity contribution is -0.301. The van der Waals surface area contributed by atoms with E-state index in [1.165, 1.54) is 70.6 Å². The Labute approximate surface area is 376 Å². The predicted molar refractivity (Wildman–Crippen MR) is 248 cm³/mol. The molecule has 0 aliphatic carbocycles. The molecule has 1 rings (SSSR count). The topological polar surface area (TPSA) is 178 Å². The first kappa shape index (κ1) is 57.8. The van der Waals surface area contributed by atoms with E-state index in [1.807, 2.05) is 0 Å². The number of aliphatic hydroxyl groups excluding tert-OH is 3. The zero-order valence-corrected chi connectivity index (χ0v) is 39.2. The molecule has 1 heterocycles. The molecule has 1 aliphatic rings. The lowest BCUT2D eigenvalue weighted by atomic mass is 9.99. The number of hydrogen-bond donors (Lipinski definition) is 4. The van der Waals surface area contributed by atoms with E-state index in [0.717, 1.165) is 83.5 Å². The van der Waals surface area contributed by atoms with E-state index >= 15 is 0 Å². The number of ether oxygens (including phenoxy) is 4. The Bertz CT molecular complexity index is 1310. The van der Waals surface area contributed by atoms with Crippen LogP contribution in [0.2, 0.25) is 0 Å². The fourth-order valence-electron chi connectivity index (χ4n) is 7.01. The van der Waals surface area contributed by atoms with Crippen LogP contribution in [0.4, 0.5) is 0 Å². The molecular weight excluding hydrogens is 813 g/mol. The Kier molecular flexibility index (Phi) is 37.6. The van der Waals surface area contributed by atoms with Gasteiger partial charge in [-0.05, 0) is 77.0 Å². The van der Waals surface area contributed by atoms with Crippen LogP contribution in [0.1, 0.15) is 181 Å². The van der Waals surface area contributed by atoms with Gasteiger partial charge in [0.1, 0.15) is 30.5 Å². The standard InChI is InChI=1S/C49H86O12S/c1-3-5-7-9-11-13-15-17-19-20-21-22-23-24-25-26-28-30-32-34-36-38-45(51)59-43(41-57-39-37-35-33-31-29-27-18-16-14-12-10-8-6-4-2)42-58-49-47(53)48(61-62(54,55)56)46(52)44(40-50)60-49/h6,8,12,14-15,17-18,20-21,27,43-44,46-50,52-53H,3-5,7,9-11,13,16,19,22-26,28-42H2,1-2H3,(H,54,55,56)/b8-6-,14-12-,17-15-,21-20-,27-18-. The van der Waals surface area contributed by atoms with Crippen LogP contribution in [0, 0.1) is 0 Å². The lowest BCUT2D eigenvalue weighted by Crippen LogP contribution is -2.60. The maximum absolute atomic E-state index is 12.9. The highest BCUT2D eigenvalue weighted by Crippen LogP contribution is 2.26. The van der Waals surface area contributed by atoms with E-state index in [2.05, 4.69) is 78.8 Å². The average Bonchev–Trinajstić information content (AvgIpc) is 3.24. The summed E-state index contributed by atoms with van der Waals surface area (Å²) in [6, 6.07) is 0. The highest BCUT2D eigenvalue weighted by molar-refractivity contribution is 7.80. The Balaban J connectivity index is 2.40. The van der Waals surface area contributed by atoms with E-state index < -0.39 is 59.8 Å². The molecule has 12 nitrogen and oxygen atoms in total. The molecule has 0 amide bonds. The summed E-state index contributed by atoms with van der Waals surface area (Å²) in [5.41, 5.74) is 0. The van der Waals surface area contributed by atoms with Crippen LogP contribution in [0.5, 0.6) is 0 Å². The van der Waals surface area contributed by atoms with E-state index in [9.17, 15) is 28.5 Å². The minimum absolute atomic E-state index is 0.0169. The summed E-state index contributed by atoms with van der Waals surface area (Å²) in [6.07, 6.45) is 41.1. The normalized spacial score (nSPS) is 20.5. The van der Waals surface area contributed by atoms with Gasteiger partial charge < -0.3 is 34.3 Å². The van der Waals surface area contributed by atoms with Gasteiger partial charge in [-0.2, -0.15) is 8.42 Å². The third-order valence-electron chi connectivity index (χ3n) is 10.6. The Hall–Kier alpha value is -2.20. The largest absolute Gasteiger partial charge is 0.457 e. The molecule has 0 saturated carbocycles. The number of carbonyl (C=O) groups excluding carboxylic acids is 1. The maximum atomic E-state index is 12.9. The molecule has 4 N–H and O–H groups in total. The van der Waals surface area contributed by atoms with Crippen molar-refractivity contribution in [3.05, 3.63) is 60.8 Å². The summed E-state index contributed by atoms with van der Waals surface area (Å²) in [4.78, 5) is 12.9. The highest BCUT2D eigenvalue weighted by atomic mass is 32.3. The average molecular weight is 899 g/mol. The van der Waals surface area contributed by atoms with Crippen molar-refractivity contribution in [3.8, 4) is 0 Å². The molecule has 6 atom stereocenters. The number of hydrogen-bond acceptors (Lipinski definition) is 11. The summed E-state index contributed by atoms with van der Waals surface area (Å²) in [7, 11) is -5.07. The van der Waals surface area contributed by atoms with Crippen LogP contribution in [0.3, 0.4) is 0 Å². The van der Waals surface area contributed by atoms with Crippen molar-refractivity contribution in [1.82, 2.24) is 0 Å². The summed E-state index contributed by atoms with van der Waals surface area (Å²) in [5, 5.41) is 30.7. The minimum Gasteiger partial charge on any atom is -0.457 e. The van der Waals surface area contributed by atoms with Crippen molar-refractivity contribution < 1.29 is 56.2 Å². The molecule has 6 unspecified atom stereocenters. The van der Waals surface area contributed by atoms with Crippen LogP contribution in [0.25, 0.3) is 0 Å². The molecular formula is C49H86O12S. The second-order valence-corrected chi connectivity index (χ2v) is 17.4. The number of allylic oxidation sites excluding steroid dienone is 10. The predicted octanol–water partition coefficient (Wildman–Crippen LogP) is 10.5. The van der Waals surface area contributed by atoms with Gasteiger partial charge in [-0.15, -0.1) is 0 Å². The smallest absolute Gasteiger partial charge is 0.397 e. The Morgan fingerprint density at radius 1 is 0.629 bits per heavy atom. The van der Waals surface area contributed by atoms with Crippen LogP contribution < -0.4 is 0 Å². The van der Waals surface area contributed by atoms with Gasteiger partial charge in [-0.25, -0.2) is 4.18 Å². The van der Waals surface area contributed by atoms with Gasteiger partial charge in [0.25, 0.3) is 0 Å². The van der Waals surface area contributed by atoms with E-state index in [0.29, 0.717) is 13.0 Å². The van der Waals surface area contributed by atoms with E-state index in [1.54, 1.807) is 0 Å². The van der Waals surface area contributed by atoms with Gasteiger partial charge in [0, 0.05) is 13.0 Å². The molecule has 0 aromatic heterocycles. The second kappa shape index (κ2) is 40.3. The maximum Gasteiger partial charge on any atom is 0.397 e. The number of unbranched alkanes of at least 4 members (excludes halogenated alkanes) is 18. The summed E-state index contributed by atoms with van der Waals surface area (Å²) in [5.74, 6) is -0.414. The molecule has 360 valence electrons. The molecule has 1 fully saturated rings. The molecule has 0 aromatic carbocycles. The van der Waals surface area contributed by atoms with Gasteiger partial charge in [0.15, 0.2) is 6.29 Å². The molecule has 0 radical (unpaired) electrons. The Morgan fingerprint density at radius 2 is 1.11 bits per heavy atom. The van der Waals surface area contributed by atoms with E-state index in [-0.39, 0.29) is 19.6 Å². The lowest BCUT2D eigenvalue weighted by Gasteiger charge is -2.41. The van der Waals surface area contributed by atoms with Gasteiger partial charge >= 0.3 is 16.4 Å². The van der Waals surface area contributed by atoms with Crippen LogP contribution >= 0.6 is 0 Å². The zero-order chi connectivity index (χ0) is 45.4. The fraction of sp³-hybridized carbons (Fsp3) is 0.776. The van der Waals surface area contributed by atoms with Crippen LogP contribution in [-0.2, 0) is 38.3 Å². The van der Waals surface area contributed by atoms with Crippen LogP contribution in [0.15, 0.2) is 60.8 Å². The first-order valence-electron chi connectivity index (χ1n) is 24.0. The second-order valence-electron chi connectivity index (χ2n) is 16.3. The number of rotatable bonds is 41. The first-order chi connectivity index (χ1) is 30.1. The monoisotopic (exact) mass is 899 g/mol. The van der Waals surface area contributed by atoms with Gasteiger partial charge in [-0.1, -0.05) is 158 Å². The van der Waals surface area contributed by atoms with Crippen molar-refractivity contribution in [3.63, 3.8) is 0 Å². The molecule has 1 aliphatic heterocycles. The van der Waals surface area contributed by atoms with Crippen molar-refractivity contribution in [1.29, 1.82) is 0 Å². The molecule has 0 spiro atoms.